The Balaban J connectivity index is 1.84. The molecule has 0 N–H and O–H groups in total. The lowest BCUT2D eigenvalue weighted by Crippen LogP contribution is -2.31. The van der Waals surface area contributed by atoms with Gasteiger partial charge in [0.1, 0.15) is 0 Å². The number of unbranched alkanes of at least 4 members (excludes halogenated alkanes) is 1. The van der Waals surface area contributed by atoms with E-state index < -0.39 is 0 Å². The van der Waals surface area contributed by atoms with Crippen LogP contribution in [-0.2, 0) is 22.7 Å². The molecule has 0 saturated carbocycles. The van der Waals surface area contributed by atoms with Gasteiger partial charge < -0.3 is 0 Å². The maximum absolute atomic E-state index is 2.56. The first-order chi connectivity index (χ1) is 15.3. The number of hydrogen-bond donors (Lipinski definition) is 0. The Labute approximate surface area is 203 Å². The lowest BCUT2D eigenvalue weighted by molar-refractivity contribution is 0.428. The molecule has 2 aliphatic rings. The summed E-state index contributed by atoms with van der Waals surface area (Å²) in [5, 5.41) is 0. The lowest BCUT2D eigenvalue weighted by Gasteiger charge is -2.38. The molecule has 0 amide bonds. The Hall–Kier alpha value is -2.08. The predicted molar refractivity (Wildman–Crippen MR) is 145 cm³/mol. The van der Waals surface area contributed by atoms with E-state index in [0.717, 1.165) is 6.42 Å². The van der Waals surface area contributed by atoms with Crippen molar-refractivity contribution in [3.05, 3.63) is 82.0 Å². The molecule has 1 atom stereocenters. The second-order valence-electron chi connectivity index (χ2n) is 13.0. The molecule has 0 aromatic heterocycles. The number of benzene rings is 2. The largest absolute Gasteiger partial charge is 0.0765 e. The molecule has 0 saturated heterocycles. The monoisotopic (exact) mass is 440 g/mol. The van der Waals surface area contributed by atoms with E-state index in [2.05, 4.69) is 111 Å². The van der Waals surface area contributed by atoms with Crippen LogP contribution >= 0.6 is 0 Å². The average Bonchev–Trinajstić information content (AvgIpc) is 3.34. The summed E-state index contributed by atoms with van der Waals surface area (Å²) < 4.78 is 0. The van der Waals surface area contributed by atoms with Crippen LogP contribution < -0.4 is 0 Å². The van der Waals surface area contributed by atoms with Gasteiger partial charge in [-0.2, -0.15) is 0 Å². The summed E-state index contributed by atoms with van der Waals surface area (Å²) in [6.45, 7) is 21.3. The van der Waals surface area contributed by atoms with Crippen molar-refractivity contribution in [2.45, 2.75) is 104 Å². The third kappa shape index (κ3) is 4.39. The van der Waals surface area contributed by atoms with E-state index in [4.69, 9.17) is 0 Å². The predicted octanol–water partition coefficient (Wildman–Crippen LogP) is 9.43. The van der Waals surface area contributed by atoms with Gasteiger partial charge in [0.05, 0.1) is 0 Å². The van der Waals surface area contributed by atoms with Gasteiger partial charge in [-0.25, -0.2) is 0 Å². The Morgan fingerprint density at radius 2 is 1.55 bits per heavy atom. The summed E-state index contributed by atoms with van der Waals surface area (Å²) in [4.78, 5) is 0. The molecule has 1 unspecified atom stereocenters. The SMILES string of the molecule is CCCCC1=CC(C(C)(C)c2c(C(C)(C)C)ccc3c2Cc2cc(C(C)(C)C)ccc2-3)C=C1. The van der Waals surface area contributed by atoms with E-state index in [1.807, 2.05) is 0 Å². The van der Waals surface area contributed by atoms with Gasteiger partial charge in [-0.1, -0.05) is 123 Å². The standard InChI is InChI=1S/C33H44/c1-10-11-12-22-13-14-25(19-22)33(8,9)30-28-21-23-20-24(31(2,3)4)15-16-26(23)27(28)17-18-29(30)32(5,6)7/h13-20,25H,10-12,21H2,1-9H3. The molecule has 2 aromatic rings. The second-order valence-corrected chi connectivity index (χ2v) is 13.0. The van der Waals surface area contributed by atoms with E-state index in [1.165, 1.54) is 52.7 Å². The molecule has 2 aliphatic carbocycles. The van der Waals surface area contributed by atoms with Crippen molar-refractivity contribution in [1.82, 2.24) is 0 Å². The maximum atomic E-state index is 2.56. The van der Waals surface area contributed by atoms with Gasteiger partial charge in [0, 0.05) is 11.3 Å². The van der Waals surface area contributed by atoms with Crippen molar-refractivity contribution in [3.8, 4) is 11.1 Å². The zero-order valence-electron chi connectivity index (χ0n) is 22.5. The summed E-state index contributed by atoms with van der Waals surface area (Å²) >= 11 is 0. The molecule has 0 nitrogen and oxygen atoms in total. The van der Waals surface area contributed by atoms with Crippen LogP contribution in [0.2, 0.25) is 0 Å². The smallest absolute Gasteiger partial charge is 0.00475 e. The highest BCUT2D eigenvalue weighted by Crippen LogP contribution is 2.49. The lowest BCUT2D eigenvalue weighted by atomic mass is 9.66. The minimum absolute atomic E-state index is 0.0489. The van der Waals surface area contributed by atoms with E-state index in [-0.39, 0.29) is 16.2 Å². The van der Waals surface area contributed by atoms with Gasteiger partial charge in [-0.15, -0.1) is 0 Å². The number of rotatable bonds is 5. The first-order valence-corrected chi connectivity index (χ1v) is 13.0. The molecule has 0 aliphatic heterocycles. The Bertz CT molecular complexity index is 1110. The molecular formula is C33H44. The van der Waals surface area contributed by atoms with Crippen LogP contribution in [-0.4, -0.2) is 0 Å². The quantitative estimate of drug-likeness (QED) is 0.370. The van der Waals surface area contributed by atoms with E-state index >= 15 is 0 Å². The summed E-state index contributed by atoms with van der Waals surface area (Å²) in [6, 6.07) is 12.0. The summed E-state index contributed by atoms with van der Waals surface area (Å²) in [7, 11) is 0. The van der Waals surface area contributed by atoms with Crippen LogP contribution in [0.15, 0.2) is 54.1 Å². The fraction of sp³-hybridized carbons (Fsp3) is 0.515. The maximum Gasteiger partial charge on any atom is 0.00475 e. The first kappa shape index (κ1) is 24.1. The Kier molecular flexibility index (Phi) is 6.05. The highest BCUT2D eigenvalue weighted by atomic mass is 14.4. The van der Waals surface area contributed by atoms with Gasteiger partial charge >= 0.3 is 0 Å². The van der Waals surface area contributed by atoms with Crippen molar-refractivity contribution in [2.24, 2.45) is 5.92 Å². The first-order valence-electron chi connectivity index (χ1n) is 13.0. The van der Waals surface area contributed by atoms with Gasteiger partial charge in [0.15, 0.2) is 0 Å². The minimum atomic E-state index is 0.0489. The van der Waals surface area contributed by atoms with Crippen LogP contribution in [0.25, 0.3) is 11.1 Å². The molecule has 0 spiro atoms. The molecule has 0 fully saturated rings. The molecule has 176 valence electrons. The molecule has 4 rings (SSSR count). The summed E-state index contributed by atoms with van der Waals surface area (Å²) in [5.41, 5.74) is 12.4. The van der Waals surface area contributed by atoms with Crippen molar-refractivity contribution in [1.29, 1.82) is 0 Å². The highest BCUT2D eigenvalue weighted by molar-refractivity contribution is 5.80. The van der Waals surface area contributed by atoms with E-state index in [9.17, 15) is 0 Å². The van der Waals surface area contributed by atoms with Crippen LogP contribution in [0.5, 0.6) is 0 Å². The van der Waals surface area contributed by atoms with Gasteiger partial charge in [0.2, 0.25) is 0 Å². The van der Waals surface area contributed by atoms with Gasteiger partial charge in [-0.3, -0.25) is 0 Å². The van der Waals surface area contributed by atoms with Crippen LogP contribution in [0.4, 0.5) is 0 Å². The average molecular weight is 441 g/mol. The van der Waals surface area contributed by atoms with Crippen LogP contribution in [0, 0.1) is 5.92 Å². The zero-order chi connectivity index (χ0) is 24.2. The van der Waals surface area contributed by atoms with Crippen LogP contribution in [0.3, 0.4) is 0 Å². The normalized spacial score (nSPS) is 17.8. The van der Waals surface area contributed by atoms with Crippen LogP contribution in [0.1, 0.15) is 109 Å². The van der Waals surface area contributed by atoms with Gasteiger partial charge in [0.25, 0.3) is 0 Å². The molecular weight excluding hydrogens is 396 g/mol. The highest BCUT2D eigenvalue weighted by Gasteiger charge is 2.39. The summed E-state index contributed by atoms with van der Waals surface area (Å²) in [5.74, 6) is 0.450. The van der Waals surface area contributed by atoms with E-state index in [0.29, 0.717) is 5.92 Å². The zero-order valence-corrected chi connectivity index (χ0v) is 22.5. The number of allylic oxidation sites excluding steroid dienone is 4. The van der Waals surface area contributed by atoms with E-state index in [1.54, 1.807) is 11.1 Å². The number of fused-ring (bicyclic) bond motifs is 3. The number of hydrogen-bond acceptors (Lipinski definition) is 0. The molecule has 2 aromatic carbocycles. The minimum Gasteiger partial charge on any atom is -0.0765 e. The third-order valence-electron chi connectivity index (χ3n) is 7.96. The van der Waals surface area contributed by atoms with Crippen molar-refractivity contribution in [2.75, 3.05) is 0 Å². The topological polar surface area (TPSA) is 0 Å². The second kappa shape index (κ2) is 8.30. The molecule has 33 heavy (non-hydrogen) atoms. The fourth-order valence-corrected chi connectivity index (χ4v) is 5.84. The molecule has 0 heterocycles. The molecule has 0 heteroatoms. The van der Waals surface area contributed by atoms with Gasteiger partial charge in [-0.05, 0) is 69.0 Å². The van der Waals surface area contributed by atoms with Crippen molar-refractivity contribution < 1.29 is 0 Å². The molecule has 0 bridgehead atoms. The Morgan fingerprint density at radius 3 is 2.18 bits per heavy atom. The van der Waals surface area contributed by atoms with Crippen molar-refractivity contribution in [3.63, 3.8) is 0 Å². The fourth-order valence-electron chi connectivity index (χ4n) is 5.84. The van der Waals surface area contributed by atoms with Crippen molar-refractivity contribution >= 4 is 0 Å². The molecule has 0 radical (unpaired) electrons. The summed E-state index contributed by atoms with van der Waals surface area (Å²) in [6.07, 6.45) is 12.2. The third-order valence-corrected chi connectivity index (χ3v) is 7.96. The Morgan fingerprint density at radius 1 is 0.848 bits per heavy atom.